The van der Waals surface area contributed by atoms with E-state index in [-0.39, 0.29) is 18.9 Å². The fourth-order valence-corrected chi connectivity index (χ4v) is 3.98. The van der Waals surface area contributed by atoms with E-state index in [1.54, 1.807) is 0 Å². The number of amides is 1. The van der Waals surface area contributed by atoms with Gasteiger partial charge in [-0.25, -0.2) is 0 Å². The van der Waals surface area contributed by atoms with Gasteiger partial charge in [0.15, 0.2) is 5.11 Å². The van der Waals surface area contributed by atoms with Crippen LogP contribution in [0.3, 0.4) is 0 Å². The number of terminal acetylenes is 1. The Balaban J connectivity index is 1.96. The minimum atomic E-state index is -1.00. The number of carbonyl (C=O) groups is 1. The third-order valence-corrected chi connectivity index (χ3v) is 5.17. The fourth-order valence-electron chi connectivity index (χ4n) is 3.62. The monoisotopic (exact) mass is 359 g/mol. The van der Waals surface area contributed by atoms with Gasteiger partial charge >= 0.3 is 0 Å². The van der Waals surface area contributed by atoms with Crippen LogP contribution in [-0.2, 0) is 4.79 Å². The van der Waals surface area contributed by atoms with Gasteiger partial charge in [-0.2, -0.15) is 0 Å². The van der Waals surface area contributed by atoms with Crippen LogP contribution < -0.4 is 15.5 Å². The summed E-state index contributed by atoms with van der Waals surface area (Å²) in [5.74, 6) is 1.58. The molecule has 5 atom stereocenters. The number of nitrogens with one attached hydrogen (secondary N) is 2. The second-order valence-electron chi connectivity index (χ2n) is 6.49. The van der Waals surface area contributed by atoms with Crippen LogP contribution in [0.25, 0.3) is 0 Å². The van der Waals surface area contributed by atoms with Gasteiger partial charge in [-0.05, 0) is 37.7 Å². The summed E-state index contributed by atoms with van der Waals surface area (Å²) in [6.07, 6.45) is 3.36. The highest BCUT2D eigenvalue weighted by Gasteiger charge is 2.53. The number of aliphatic hydroxyl groups excluding tert-OH is 2. The highest BCUT2D eigenvalue weighted by Crippen LogP contribution is 2.36. The molecule has 0 bridgehead atoms. The molecule has 1 aliphatic heterocycles. The zero-order valence-corrected chi connectivity index (χ0v) is 14.7. The van der Waals surface area contributed by atoms with Gasteiger partial charge in [0.05, 0.1) is 30.7 Å². The molecule has 1 aliphatic carbocycles. The summed E-state index contributed by atoms with van der Waals surface area (Å²) < 4.78 is 0. The Morgan fingerprint density at radius 3 is 2.76 bits per heavy atom. The summed E-state index contributed by atoms with van der Waals surface area (Å²) in [5, 5.41) is 26.7. The molecule has 3 rings (SSSR count). The maximum absolute atomic E-state index is 12.6. The van der Waals surface area contributed by atoms with Crippen molar-refractivity contribution in [3.63, 3.8) is 0 Å². The van der Waals surface area contributed by atoms with E-state index in [9.17, 15) is 15.0 Å². The maximum Gasteiger partial charge on any atom is 0.226 e. The van der Waals surface area contributed by atoms with E-state index < -0.39 is 30.2 Å². The minimum absolute atomic E-state index is 0.119. The zero-order valence-electron chi connectivity index (χ0n) is 13.8. The number of hydrogen-bond donors (Lipinski definition) is 4. The van der Waals surface area contributed by atoms with Gasteiger partial charge in [-0.15, -0.1) is 6.42 Å². The molecule has 25 heavy (non-hydrogen) atoms. The van der Waals surface area contributed by atoms with Crippen LogP contribution in [0.4, 0.5) is 5.69 Å². The summed E-state index contributed by atoms with van der Waals surface area (Å²) >= 11 is 5.45. The Hall–Kier alpha value is -2.14. The molecular formula is C18H21N3O3S. The molecule has 4 N–H and O–H groups in total. The van der Waals surface area contributed by atoms with Crippen LogP contribution in [-0.4, -0.2) is 52.1 Å². The number of aliphatic hydroxyl groups is 2. The summed E-state index contributed by atoms with van der Waals surface area (Å²) in [6, 6.07) is 6.86. The van der Waals surface area contributed by atoms with E-state index in [2.05, 4.69) is 16.6 Å². The van der Waals surface area contributed by atoms with Gasteiger partial charge in [0.2, 0.25) is 5.91 Å². The number of carbonyl (C=O) groups excluding carboxylic acids is 1. The van der Waals surface area contributed by atoms with Crippen molar-refractivity contribution >= 4 is 28.9 Å². The quantitative estimate of drug-likeness (QED) is 0.446. The van der Waals surface area contributed by atoms with Crippen molar-refractivity contribution in [2.45, 2.75) is 37.6 Å². The first kappa shape index (κ1) is 17.7. The molecule has 0 radical (unpaired) electrons. The molecule has 0 spiro atoms. The Morgan fingerprint density at radius 1 is 1.44 bits per heavy atom. The standard InChI is InChI=1S/C18H21N3O3S/c1-3-8-19-17(24)12-9-13(22)16(23)14-15(12)21(18(25)20-14)11-6-4-10(2)5-7-11/h1,4-7,12-16,22-23H,8-9H2,2H3,(H,19,24)(H,20,25)/t12-,13-,14-,15-,16+/m1/s1. The minimum Gasteiger partial charge on any atom is -0.390 e. The van der Waals surface area contributed by atoms with E-state index in [0.29, 0.717) is 5.11 Å². The van der Waals surface area contributed by atoms with Crippen molar-refractivity contribution in [3.8, 4) is 12.3 Å². The van der Waals surface area contributed by atoms with Gasteiger partial charge in [0, 0.05) is 5.69 Å². The number of hydrogen-bond acceptors (Lipinski definition) is 4. The SMILES string of the molecule is C#CCNC(=O)[C@@H]1C[C@@H](O)[C@H](O)[C@@H]2NC(=S)N(c3ccc(C)cc3)[C@@H]21. The van der Waals surface area contributed by atoms with E-state index in [1.807, 2.05) is 36.1 Å². The lowest BCUT2D eigenvalue weighted by Gasteiger charge is -2.41. The first-order valence-electron chi connectivity index (χ1n) is 8.17. The summed E-state index contributed by atoms with van der Waals surface area (Å²) in [7, 11) is 0. The second-order valence-corrected chi connectivity index (χ2v) is 6.88. The molecule has 1 saturated heterocycles. The highest BCUT2D eigenvalue weighted by atomic mass is 32.1. The lowest BCUT2D eigenvalue weighted by molar-refractivity contribution is -0.130. The van der Waals surface area contributed by atoms with Crippen molar-refractivity contribution in [1.29, 1.82) is 0 Å². The van der Waals surface area contributed by atoms with Crippen LogP contribution >= 0.6 is 12.2 Å². The van der Waals surface area contributed by atoms with E-state index in [0.717, 1.165) is 11.3 Å². The fraction of sp³-hybridized carbons (Fsp3) is 0.444. The largest absolute Gasteiger partial charge is 0.390 e. The normalized spacial score (nSPS) is 31.0. The molecule has 1 aromatic carbocycles. The molecule has 1 saturated carbocycles. The van der Waals surface area contributed by atoms with Crippen molar-refractivity contribution in [1.82, 2.24) is 10.6 Å². The van der Waals surface area contributed by atoms with Crippen LogP contribution in [0.1, 0.15) is 12.0 Å². The molecule has 2 aliphatic rings. The van der Waals surface area contributed by atoms with Gasteiger partial charge in [-0.3, -0.25) is 4.79 Å². The molecule has 0 aromatic heterocycles. The number of anilines is 1. The van der Waals surface area contributed by atoms with Crippen LogP contribution in [0.2, 0.25) is 0 Å². The molecule has 132 valence electrons. The first-order chi connectivity index (χ1) is 11.9. The van der Waals surface area contributed by atoms with Gasteiger partial charge in [0.1, 0.15) is 6.10 Å². The lowest BCUT2D eigenvalue weighted by Crippen LogP contribution is -2.61. The molecule has 1 amide bonds. The topological polar surface area (TPSA) is 84.8 Å². The third kappa shape index (κ3) is 3.21. The van der Waals surface area contributed by atoms with Gasteiger partial charge in [0.25, 0.3) is 0 Å². The number of nitrogens with zero attached hydrogens (tertiary/aromatic N) is 1. The molecule has 1 aromatic rings. The molecule has 2 fully saturated rings. The van der Waals surface area contributed by atoms with Crippen molar-refractivity contribution in [2.75, 3.05) is 11.4 Å². The first-order valence-corrected chi connectivity index (χ1v) is 8.58. The highest BCUT2D eigenvalue weighted by molar-refractivity contribution is 7.80. The summed E-state index contributed by atoms with van der Waals surface area (Å²) in [4.78, 5) is 14.4. The Morgan fingerprint density at radius 2 is 2.12 bits per heavy atom. The number of aryl methyl sites for hydroxylation is 1. The van der Waals surface area contributed by atoms with Crippen LogP contribution in [0.15, 0.2) is 24.3 Å². The average Bonchev–Trinajstić information content (AvgIpc) is 2.94. The Labute approximate surface area is 152 Å². The zero-order chi connectivity index (χ0) is 18.1. The van der Waals surface area contributed by atoms with Crippen LogP contribution in [0.5, 0.6) is 0 Å². The lowest BCUT2D eigenvalue weighted by atomic mass is 9.77. The third-order valence-electron chi connectivity index (χ3n) is 4.86. The van der Waals surface area contributed by atoms with Crippen molar-refractivity contribution in [2.24, 2.45) is 5.92 Å². The van der Waals surface area contributed by atoms with E-state index >= 15 is 0 Å². The summed E-state index contributed by atoms with van der Waals surface area (Å²) in [6.45, 7) is 2.11. The predicted molar refractivity (Wildman–Crippen MR) is 98.9 cm³/mol. The summed E-state index contributed by atoms with van der Waals surface area (Å²) in [5.41, 5.74) is 1.95. The van der Waals surface area contributed by atoms with Gasteiger partial charge in [-0.1, -0.05) is 23.6 Å². The number of fused-ring (bicyclic) bond motifs is 1. The Bertz CT molecular complexity index is 715. The van der Waals surface area contributed by atoms with Crippen molar-refractivity contribution in [3.05, 3.63) is 29.8 Å². The number of thiocarbonyl (C=S) groups is 1. The maximum atomic E-state index is 12.6. The van der Waals surface area contributed by atoms with E-state index in [1.165, 1.54) is 0 Å². The molecular weight excluding hydrogens is 338 g/mol. The van der Waals surface area contributed by atoms with E-state index in [4.69, 9.17) is 18.6 Å². The number of rotatable bonds is 3. The average molecular weight is 359 g/mol. The Kier molecular flexibility index (Phi) is 4.95. The molecule has 6 nitrogen and oxygen atoms in total. The number of benzene rings is 1. The molecule has 0 unspecified atom stereocenters. The van der Waals surface area contributed by atoms with Gasteiger partial charge < -0.3 is 25.7 Å². The second kappa shape index (κ2) is 7.00. The molecule has 7 heteroatoms. The predicted octanol–water partition coefficient (Wildman–Crippen LogP) is -0.0822. The molecule has 1 heterocycles. The van der Waals surface area contributed by atoms with Crippen molar-refractivity contribution < 1.29 is 15.0 Å². The smallest absolute Gasteiger partial charge is 0.226 e. The van der Waals surface area contributed by atoms with Crippen LogP contribution in [0, 0.1) is 25.2 Å².